The summed E-state index contributed by atoms with van der Waals surface area (Å²) in [6, 6.07) is 10.9. The normalized spacial score (nSPS) is 14.9. The van der Waals surface area contributed by atoms with E-state index < -0.39 is 11.1 Å². The van der Waals surface area contributed by atoms with Crippen LogP contribution < -0.4 is 14.8 Å². The molecule has 0 atom stereocenters. The van der Waals surface area contributed by atoms with E-state index in [4.69, 9.17) is 9.47 Å². The molecule has 0 saturated carbocycles. The number of amides is 3. The summed E-state index contributed by atoms with van der Waals surface area (Å²) in [6.45, 7) is 2.51. The summed E-state index contributed by atoms with van der Waals surface area (Å²) in [6.07, 6.45) is 4.47. The van der Waals surface area contributed by atoms with Crippen LogP contribution in [0, 0.1) is 5.82 Å². The van der Waals surface area contributed by atoms with Crippen molar-refractivity contribution in [2.24, 2.45) is 0 Å². The minimum absolute atomic E-state index is 0.0464. The average Bonchev–Trinajstić information content (AvgIpc) is 3.07. The lowest BCUT2D eigenvalue weighted by Crippen LogP contribution is -2.36. The smallest absolute Gasteiger partial charge is 0.293 e. The quantitative estimate of drug-likeness (QED) is 0.556. The van der Waals surface area contributed by atoms with Crippen molar-refractivity contribution in [3.63, 3.8) is 0 Å². The van der Waals surface area contributed by atoms with E-state index >= 15 is 0 Å². The van der Waals surface area contributed by atoms with E-state index in [9.17, 15) is 18.8 Å². The molecule has 1 aliphatic rings. The maximum absolute atomic E-state index is 12.9. The zero-order valence-electron chi connectivity index (χ0n) is 18.2. The molecule has 9 heteroatoms. The predicted octanol–water partition coefficient (Wildman–Crippen LogP) is 4.10. The summed E-state index contributed by atoms with van der Waals surface area (Å²) < 4.78 is 23.7. The molecule has 0 spiro atoms. The van der Waals surface area contributed by atoms with Crippen LogP contribution in [-0.2, 0) is 9.59 Å². The summed E-state index contributed by atoms with van der Waals surface area (Å²) in [7, 11) is 1.53. The van der Waals surface area contributed by atoms with Crippen molar-refractivity contribution in [3.8, 4) is 11.5 Å². The highest BCUT2D eigenvalue weighted by molar-refractivity contribution is 8.18. The SMILES string of the molecule is CCOc1ccc(/C=C2\SC(=O)N(CCNC(=O)/C=C/c3ccc(F)cc3)C2=O)cc1OC. The number of hydrogen-bond acceptors (Lipinski definition) is 6. The first-order valence-corrected chi connectivity index (χ1v) is 11.0. The van der Waals surface area contributed by atoms with Crippen LogP contribution in [0.3, 0.4) is 0 Å². The highest BCUT2D eigenvalue weighted by Gasteiger charge is 2.34. The number of benzene rings is 2. The van der Waals surface area contributed by atoms with Crippen LogP contribution in [0.4, 0.5) is 9.18 Å². The Morgan fingerprint density at radius 1 is 1.12 bits per heavy atom. The molecule has 0 bridgehead atoms. The number of thioether (sulfide) groups is 1. The minimum Gasteiger partial charge on any atom is -0.493 e. The van der Waals surface area contributed by atoms with Gasteiger partial charge in [-0.1, -0.05) is 18.2 Å². The second-order valence-corrected chi connectivity index (χ2v) is 7.85. The van der Waals surface area contributed by atoms with Crippen molar-refractivity contribution in [1.29, 1.82) is 0 Å². The first kappa shape index (κ1) is 24.1. The van der Waals surface area contributed by atoms with Crippen molar-refractivity contribution in [2.75, 3.05) is 26.8 Å². The van der Waals surface area contributed by atoms with Crippen LogP contribution in [0.25, 0.3) is 12.2 Å². The first-order valence-electron chi connectivity index (χ1n) is 10.2. The molecule has 1 aliphatic heterocycles. The maximum Gasteiger partial charge on any atom is 0.293 e. The lowest BCUT2D eigenvalue weighted by atomic mass is 10.2. The molecular weight excluding hydrogens is 447 g/mol. The molecular formula is C24H23FN2O5S. The summed E-state index contributed by atoms with van der Waals surface area (Å²) >= 11 is 0.841. The van der Waals surface area contributed by atoms with Gasteiger partial charge >= 0.3 is 0 Å². The van der Waals surface area contributed by atoms with Crippen LogP contribution in [0.2, 0.25) is 0 Å². The van der Waals surface area contributed by atoms with Crippen LogP contribution in [0.1, 0.15) is 18.1 Å². The second kappa shape index (κ2) is 11.3. The maximum atomic E-state index is 12.9. The number of rotatable bonds is 9. The van der Waals surface area contributed by atoms with Crippen molar-refractivity contribution in [3.05, 3.63) is 70.4 Å². The van der Waals surface area contributed by atoms with Gasteiger partial charge in [-0.25, -0.2) is 4.39 Å². The monoisotopic (exact) mass is 470 g/mol. The Balaban J connectivity index is 1.56. The number of methoxy groups -OCH3 is 1. The van der Waals surface area contributed by atoms with Gasteiger partial charge in [0.05, 0.1) is 18.6 Å². The van der Waals surface area contributed by atoms with E-state index in [1.54, 1.807) is 42.5 Å². The number of imide groups is 1. The number of hydrogen-bond donors (Lipinski definition) is 1. The Kier molecular flexibility index (Phi) is 8.26. The highest BCUT2D eigenvalue weighted by atomic mass is 32.2. The number of halogens is 1. The zero-order chi connectivity index (χ0) is 23.8. The molecule has 1 heterocycles. The molecule has 0 aromatic heterocycles. The van der Waals surface area contributed by atoms with Gasteiger partial charge in [0, 0.05) is 19.2 Å². The fraction of sp³-hybridized carbons (Fsp3) is 0.208. The van der Waals surface area contributed by atoms with Gasteiger partial charge in [0.25, 0.3) is 11.1 Å². The molecule has 0 radical (unpaired) electrons. The summed E-state index contributed by atoms with van der Waals surface area (Å²) in [5, 5.41) is 2.22. The third-order valence-corrected chi connectivity index (χ3v) is 5.50. The lowest BCUT2D eigenvalue weighted by molar-refractivity contribution is -0.123. The van der Waals surface area contributed by atoms with Crippen molar-refractivity contribution >= 4 is 41.0 Å². The molecule has 2 aromatic carbocycles. The van der Waals surface area contributed by atoms with Gasteiger partial charge in [0.1, 0.15) is 5.82 Å². The summed E-state index contributed by atoms with van der Waals surface area (Å²) in [5.74, 6) is -0.0440. The topological polar surface area (TPSA) is 84.9 Å². The van der Waals surface area contributed by atoms with Crippen LogP contribution >= 0.6 is 11.8 Å². The largest absolute Gasteiger partial charge is 0.493 e. The molecule has 7 nitrogen and oxygen atoms in total. The lowest BCUT2D eigenvalue weighted by Gasteiger charge is -2.12. The summed E-state index contributed by atoms with van der Waals surface area (Å²) in [5.41, 5.74) is 1.37. The molecule has 3 amide bonds. The third kappa shape index (κ3) is 6.45. The van der Waals surface area contributed by atoms with Gasteiger partial charge in [-0.15, -0.1) is 0 Å². The molecule has 2 aromatic rings. The number of carbonyl (C=O) groups excluding carboxylic acids is 3. The van der Waals surface area contributed by atoms with E-state index in [1.807, 2.05) is 6.92 Å². The van der Waals surface area contributed by atoms with Gasteiger partial charge in [0.15, 0.2) is 11.5 Å². The van der Waals surface area contributed by atoms with Gasteiger partial charge in [-0.05, 0) is 66.2 Å². The Morgan fingerprint density at radius 2 is 1.85 bits per heavy atom. The fourth-order valence-electron chi connectivity index (χ4n) is 2.99. The molecule has 1 N–H and O–H groups in total. The molecule has 0 unspecified atom stereocenters. The number of nitrogens with zero attached hydrogens (tertiary/aromatic N) is 1. The Labute approximate surface area is 195 Å². The van der Waals surface area contributed by atoms with Crippen LogP contribution in [-0.4, -0.2) is 48.8 Å². The van der Waals surface area contributed by atoms with Crippen LogP contribution in [0.15, 0.2) is 53.4 Å². The van der Waals surface area contributed by atoms with E-state index in [2.05, 4.69) is 5.32 Å². The molecule has 33 heavy (non-hydrogen) atoms. The van der Waals surface area contributed by atoms with Crippen molar-refractivity contribution < 1.29 is 28.2 Å². The Morgan fingerprint density at radius 3 is 2.55 bits per heavy atom. The van der Waals surface area contributed by atoms with E-state index in [1.165, 1.54) is 25.3 Å². The average molecular weight is 471 g/mol. The highest BCUT2D eigenvalue weighted by Crippen LogP contribution is 2.34. The van der Waals surface area contributed by atoms with Gasteiger partial charge in [-0.2, -0.15) is 0 Å². The van der Waals surface area contributed by atoms with Crippen LogP contribution in [0.5, 0.6) is 11.5 Å². The Hall–Kier alpha value is -3.59. The van der Waals surface area contributed by atoms with Gasteiger partial charge in [-0.3, -0.25) is 19.3 Å². The van der Waals surface area contributed by atoms with Crippen molar-refractivity contribution in [2.45, 2.75) is 6.92 Å². The molecule has 172 valence electrons. The van der Waals surface area contributed by atoms with E-state index in [0.29, 0.717) is 29.2 Å². The molecule has 0 aliphatic carbocycles. The molecule has 3 rings (SSSR count). The number of ether oxygens (including phenoxy) is 2. The minimum atomic E-state index is -0.422. The number of nitrogens with one attached hydrogen (secondary N) is 1. The Bertz CT molecular complexity index is 1100. The standard InChI is InChI=1S/C24H23FN2O5S/c1-3-32-19-10-6-17(14-20(19)31-2)15-21-23(29)27(24(30)33-21)13-12-26-22(28)11-7-16-4-8-18(25)9-5-16/h4-11,14-15H,3,12-13H2,1-2H3,(H,26,28)/b11-7+,21-15-. The van der Waals surface area contributed by atoms with E-state index in [-0.39, 0.29) is 29.7 Å². The fourth-order valence-corrected chi connectivity index (χ4v) is 3.85. The predicted molar refractivity (Wildman–Crippen MR) is 125 cm³/mol. The second-order valence-electron chi connectivity index (χ2n) is 6.85. The van der Waals surface area contributed by atoms with E-state index in [0.717, 1.165) is 16.7 Å². The first-order chi connectivity index (χ1) is 15.9. The van der Waals surface area contributed by atoms with Crippen molar-refractivity contribution in [1.82, 2.24) is 10.2 Å². The zero-order valence-corrected chi connectivity index (χ0v) is 19.0. The number of carbonyl (C=O) groups is 3. The van der Waals surface area contributed by atoms with Gasteiger partial charge < -0.3 is 14.8 Å². The third-order valence-electron chi connectivity index (χ3n) is 4.59. The molecule has 1 fully saturated rings. The van der Waals surface area contributed by atoms with Gasteiger partial charge in [0.2, 0.25) is 5.91 Å². The molecule has 1 saturated heterocycles. The summed E-state index contributed by atoms with van der Waals surface area (Å²) in [4.78, 5) is 38.3.